The number of nitrogens with one attached hydrogen (secondary N) is 1. The first-order valence-electron chi connectivity index (χ1n) is 6.37. The van der Waals surface area contributed by atoms with E-state index in [1.54, 1.807) is 7.11 Å². The first-order chi connectivity index (χ1) is 8.12. The predicted octanol–water partition coefficient (Wildman–Crippen LogP) is 2.14. The Morgan fingerprint density at radius 1 is 1.47 bits per heavy atom. The third kappa shape index (κ3) is 4.35. The summed E-state index contributed by atoms with van der Waals surface area (Å²) in [6.07, 6.45) is 6.02. The van der Waals surface area contributed by atoms with Crippen molar-refractivity contribution in [1.29, 1.82) is 5.26 Å². The fourth-order valence-electron chi connectivity index (χ4n) is 2.20. The van der Waals surface area contributed by atoms with E-state index >= 15 is 0 Å². The zero-order chi connectivity index (χ0) is 12.7. The minimum absolute atomic E-state index is 0.0302. The average Bonchev–Trinajstić information content (AvgIpc) is 2.37. The lowest BCUT2D eigenvalue weighted by atomic mass is 9.83. The van der Waals surface area contributed by atoms with Crippen molar-refractivity contribution in [2.45, 2.75) is 63.5 Å². The molecule has 17 heavy (non-hydrogen) atoms. The molecule has 1 saturated carbocycles. The lowest BCUT2D eigenvalue weighted by molar-refractivity contribution is -0.123. The Balaban J connectivity index is 2.40. The SMILES string of the molecule is COC(C)CCC(=O)NC1(C#N)CCCCC1. The number of hydrogen-bond acceptors (Lipinski definition) is 3. The van der Waals surface area contributed by atoms with Gasteiger partial charge in [0.2, 0.25) is 5.91 Å². The standard InChI is InChI=1S/C13H22N2O2/c1-11(17-2)6-7-12(16)15-13(10-14)8-4-3-5-9-13/h11H,3-9H2,1-2H3,(H,15,16). The first kappa shape index (κ1) is 14.0. The molecule has 1 unspecified atom stereocenters. The van der Waals surface area contributed by atoms with Crippen molar-refractivity contribution in [3.63, 3.8) is 0 Å². The van der Waals surface area contributed by atoms with Crippen LogP contribution in [0, 0.1) is 11.3 Å². The summed E-state index contributed by atoms with van der Waals surface area (Å²) in [4.78, 5) is 11.8. The number of nitrogens with zero attached hydrogens (tertiary/aromatic N) is 1. The summed E-state index contributed by atoms with van der Waals surface area (Å²) in [6.45, 7) is 1.94. The van der Waals surface area contributed by atoms with Crippen LogP contribution >= 0.6 is 0 Å². The molecule has 1 atom stereocenters. The Morgan fingerprint density at radius 3 is 2.65 bits per heavy atom. The van der Waals surface area contributed by atoms with E-state index < -0.39 is 5.54 Å². The third-order valence-electron chi connectivity index (χ3n) is 3.48. The molecule has 0 heterocycles. The Morgan fingerprint density at radius 2 is 2.12 bits per heavy atom. The molecule has 0 aliphatic heterocycles. The van der Waals surface area contributed by atoms with Gasteiger partial charge in [-0.3, -0.25) is 4.79 Å². The van der Waals surface area contributed by atoms with Crippen LogP contribution in [0.1, 0.15) is 51.9 Å². The van der Waals surface area contributed by atoms with E-state index in [0.29, 0.717) is 12.8 Å². The van der Waals surface area contributed by atoms with Gasteiger partial charge in [-0.2, -0.15) is 5.26 Å². The molecule has 0 bridgehead atoms. The highest BCUT2D eigenvalue weighted by Crippen LogP contribution is 2.27. The van der Waals surface area contributed by atoms with Crippen molar-refractivity contribution in [2.75, 3.05) is 7.11 Å². The van der Waals surface area contributed by atoms with Crippen LogP contribution in [0.3, 0.4) is 0 Å². The molecule has 4 heteroatoms. The summed E-state index contributed by atoms with van der Waals surface area (Å²) in [5.74, 6) is -0.0302. The van der Waals surface area contributed by atoms with Gasteiger partial charge in [0.05, 0.1) is 12.2 Å². The molecule has 1 aliphatic rings. The summed E-state index contributed by atoms with van der Waals surface area (Å²) in [5.41, 5.74) is -0.606. The van der Waals surface area contributed by atoms with Crippen LogP contribution in [0.5, 0.6) is 0 Å². The van der Waals surface area contributed by atoms with Crippen LogP contribution in [-0.4, -0.2) is 24.7 Å². The van der Waals surface area contributed by atoms with E-state index in [0.717, 1.165) is 25.7 Å². The highest BCUT2D eigenvalue weighted by Gasteiger charge is 2.33. The van der Waals surface area contributed by atoms with Crippen molar-refractivity contribution < 1.29 is 9.53 Å². The molecule has 0 saturated heterocycles. The summed E-state index contributed by atoms with van der Waals surface area (Å²) in [5, 5.41) is 12.1. The molecule has 1 N–H and O–H groups in total. The van der Waals surface area contributed by atoms with Gasteiger partial charge in [-0.25, -0.2) is 0 Å². The normalized spacial score (nSPS) is 20.3. The molecule has 4 nitrogen and oxygen atoms in total. The van der Waals surface area contributed by atoms with Crippen molar-refractivity contribution in [3.05, 3.63) is 0 Å². The second kappa shape index (κ2) is 6.61. The van der Waals surface area contributed by atoms with E-state index in [1.165, 1.54) is 6.42 Å². The van der Waals surface area contributed by atoms with E-state index in [1.807, 2.05) is 6.92 Å². The number of rotatable bonds is 5. The second-order valence-corrected chi connectivity index (χ2v) is 4.89. The highest BCUT2D eigenvalue weighted by molar-refractivity contribution is 5.77. The van der Waals surface area contributed by atoms with Crippen LogP contribution in [0.4, 0.5) is 0 Å². The van der Waals surface area contributed by atoms with Crippen molar-refractivity contribution in [1.82, 2.24) is 5.32 Å². The zero-order valence-electron chi connectivity index (χ0n) is 10.8. The monoisotopic (exact) mass is 238 g/mol. The smallest absolute Gasteiger partial charge is 0.221 e. The molecule has 0 aromatic rings. The lowest BCUT2D eigenvalue weighted by Gasteiger charge is -2.31. The quantitative estimate of drug-likeness (QED) is 0.798. The maximum atomic E-state index is 11.8. The fourth-order valence-corrected chi connectivity index (χ4v) is 2.20. The van der Waals surface area contributed by atoms with Crippen LogP contribution in [0.25, 0.3) is 0 Å². The third-order valence-corrected chi connectivity index (χ3v) is 3.48. The average molecular weight is 238 g/mol. The molecule has 1 amide bonds. The largest absolute Gasteiger partial charge is 0.382 e. The Hall–Kier alpha value is -1.08. The molecule has 0 aromatic heterocycles. The molecule has 1 aliphatic carbocycles. The number of carbonyl (C=O) groups excluding carboxylic acids is 1. The van der Waals surface area contributed by atoms with E-state index in [4.69, 9.17) is 4.74 Å². The van der Waals surface area contributed by atoms with Crippen LogP contribution in [0.2, 0.25) is 0 Å². The van der Waals surface area contributed by atoms with Gasteiger partial charge in [-0.1, -0.05) is 19.3 Å². The Bertz CT molecular complexity index is 290. The Labute approximate surface area is 103 Å². The summed E-state index contributed by atoms with van der Waals surface area (Å²) < 4.78 is 5.10. The lowest BCUT2D eigenvalue weighted by Crippen LogP contribution is -2.48. The van der Waals surface area contributed by atoms with E-state index in [9.17, 15) is 10.1 Å². The van der Waals surface area contributed by atoms with Gasteiger partial charge in [0.25, 0.3) is 0 Å². The maximum Gasteiger partial charge on any atom is 0.221 e. The second-order valence-electron chi connectivity index (χ2n) is 4.89. The first-order valence-corrected chi connectivity index (χ1v) is 6.37. The van der Waals surface area contributed by atoms with Crippen LogP contribution in [0.15, 0.2) is 0 Å². The Kier molecular flexibility index (Phi) is 5.43. The van der Waals surface area contributed by atoms with Gasteiger partial charge in [0.1, 0.15) is 5.54 Å². The predicted molar refractivity (Wildman–Crippen MR) is 65.3 cm³/mol. The molecule has 96 valence electrons. The molecule has 0 spiro atoms. The molecule has 0 aromatic carbocycles. The summed E-state index contributed by atoms with van der Waals surface area (Å²) >= 11 is 0. The topological polar surface area (TPSA) is 62.1 Å². The van der Waals surface area contributed by atoms with Gasteiger partial charge < -0.3 is 10.1 Å². The number of hydrogen-bond donors (Lipinski definition) is 1. The van der Waals surface area contributed by atoms with E-state index in [2.05, 4.69) is 11.4 Å². The summed E-state index contributed by atoms with van der Waals surface area (Å²) in [6, 6.07) is 2.29. The molecular formula is C13H22N2O2. The van der Waals surface area contributed by atoms with Crippen molar-refractivity contribution in [3.8, 4) is 6.07 Å². The minimum atomic E-state index is -0.606. The van der Waals surface area contributed by atoms with Gasteiger partial charge in [-0.05, 0) is 26.2 Å². The molecule has 1 rings (SSSR count). The maximum absolute atomic E-state index is 11.8. The number of nitriles is 1. The van der Waals surface area contributed by atoms with Crippen molar-refractivity contribution in [2.24, 2.45) is 0 Å². The summed E-state index contributed by atoms with van der Waals surface area (Å²) in [7, 11) is 1.64. The van der Waals surface area contributed by atoms with Gasteiger partial charge in [0, 0.05) is 13.5 Å². The van der Waals surface area contributed by atoms with E-state index in [-0.39, 0.29) is 12.0 Å². The fraction of sp³-hybridized carbons (Fsp3) is 0.846. The molecule has 0 radical (unpaired) electrons. The molecular weight excluding hydrogens is 216 g/mol. The highest BCUT2D eigenvalue weighted by atomic mass is 16.5. The number of carbonyl (C=O) groups is 1. The van der Waals surface area contributed by atoms with Crippen LogP contribution in [-0.2, 0) is 9.53 Å². The number of amides is 1. The zero-order valence-corrected chi connectivity index (χ0v) is 10.8. The van der Waals surface area contributed by atoms with Gasteiger partial charge >= 0.3 is 0 Å². The number of ether oxygens (including phenoxy) is 1. The van der Waals surface area contributed by atoms with Crippen LogP contribution < -0.4 is 5.32 Å². The van der Waals surface area contributed by atoms with Gasteiger partial charge in [0.15, 0.2) is 0 Å². The van der Waals surface area contributed by atoms with Crippen molar-refractivity contribution >= 4 is 5.91 Å². The minimum Gasteiger partial charge on any atom is -0.382 e. The number of methoxy groups -OCH3 is 1. The van der Waals surface area contributed by atoms with Gasteiger partial charge in [-0.15, -0.1) is 0 Å². The molecule has 1 fully saturated rings.